The van der Waals surface area contributed by atoms with E-state index in [0.29, 0.717) is 25.9 Å². The Hall–Kier alpha value is -1.93. The number of aliphatic hydroxyl groups excluding tert-OH is 1. The van der Waals surface area contributed by atoms with Crippen molar-refractivity contribution in [1.29, 1.82) is 0 Å². The molecular formula is C27H42N2O6. The number of hydrogen-bond donors (Lipinski definition) is 1. The van der Waals surface area contributed by atoms with Crippen LogP contribution in [-0.2, 0) is 23.9 Å². The first-order valence-corrected chi connectivity index (χ1v) is 13.7. The number of esters is 1. The molecule has 8 heteroatoms. The summed E-state index contributed by atoms with van der Waals surface area (Å²) < 4.78 is 11.8. The fraction of sp³-hybridized carbons (Fsp3) is 0.815. The summed E-state index contributed by atoms with van der Waals surface area (Å²) >= 11 is 0. The number of fused-ring (bicyclic) bond motifs is 1. The Balaban J connectivity index is 1.64. The average molecular weight is 491 g/mol. The highest BCUT2D eigenvalue weighted by Gasteiger charge is 2.75. The van der Waals surface area contributed by atoms with Crippen molar-refractivity contribution >= 4 is 17.8 Å². The van der Waals surface area contributed by atoms with Gasteiger partial charge in [-0.3, -0.25) is 14.4 Å². The zero-order chi connectivity index (χ0) is 25.0. The third-order valence-electron chi connectivity index (χ3n) is 8.52. The molecule has 3 saturated heterocycles. The minimum Gasteiger partial charge on any atom is -0.466 e. The molecule has 2 unspecified atom stereocenters. The Kier molecular flexibility index (Phi) is 8.53. The highest BCUT2D eigenvalue weighted by atomic mass is 16.6. The number of nitrogens with zero attached hydrogens (tertiary/aromatic N) is 2. The van der Waals surface area contributed by atoms with Crippen LogP contribution in [0.4, 0.5) is 0 Å². The Morgan fingerprint density at radius 1 is 1.20 bits per heavy atom. The molecule has 0 aromatic rings. The Labute approximate surface area is 209 Å². The maximum atomic E-state index is 14.3. The molecule has 0 radical (unpaired) electrons. The lowest BCUT2D eigenvalue weighted by Crippen LogP contribution is -2.58. The van der Waals surface area contributed by atoms with E-state index in [4.69, 9.17) is 14.6 Å². The number of amides is 2. The summed E-state index contributed by atoms with van der Waals surface area (Å²) in [5.74, 6) is -1.90. The van der Waals surface area contributed by atoms with Gasteiger partial charge in [0.1, 0.15) is 11.6 Å². The summed E-state index contributed by atoms with van der Waals surface area (Å²) in [6, 6.07) is -0.574. The van der Waals surface area contributed by atoms with Gasteiger partial charge in [-0.05, 0) is 45.4 Å². The Morgan fingerprint density at radius 3 is 2.63 bits per heavy atom. The average Bonchev–Trinajstić information content (AvgIpc) is 3.50. The van der Waals surface area contributed by atoms with Gasteiger partial charge in [0.2, 0.25) is 11.8 Å². The number of hydrogen-bond acceptors (Lipinski definition) is 6. The molecule has 0 aromatic heterocycles. The van der Waals surface area contributed by atoms with Crippen molar-refractivity contribution in [3.05, 3.63) is 12.7 Å². The van der Waals surface area contributed by atoms with Crippen molar-refractivity contribution in [2.24, 2.45) is 11.8 Å². The van der Waals surface area contributed by atoms with E-state index in [0.717, 1.165) is 51.4 Å². The summed E-state index contributed by atoms with van der Waals surface area (Å²) in [5, 5.41) is 9.09. The molecule has 3 aliphatic heterocycles. The normalized spacial score (nSPS) is 32.1. The van der Waals surface area contributed by atoms with Crippen LogP contribution in [0, 0.1) is 11.8 Å². The minimum absolute atomic E-state index is 0.0619. The number of carbonyl (C=O) groups excluding carboxylic acids is 3. The predicted molar refractivity (Wildman–Crippen MR) is 130 cm³/mol. The largest absolute Gasteiger partial charge is 0.466 e. The van der Waals surface area contributed by atoms with Crippen molar-refractivity contribution in [2.75, 3.05) is 26.3 Å². The van der Waals surface area contributed by atoms with Gasteiger partial charge in [0.15, 0.2) is 0 Å². The fourth-order valence-corrected chi connectivity index (χ4v) is 7.03. The van der Waals surface area contributed by atoms with Gasteiger partial charge >= 0.3 is 5.97 Å². The second-order valence-corrected chi connectivity index (χ2v) is 10.5. The lowest BCUT2D eigenvalue weighted by molar-refractivity contribution is -0.155. The first-order valence-electron chi connectivity index (χ1n) is 13.7. The molecule has 1 saturated carbocycles. The Bertz CT molecular complexity index is 797. The lowest BCUT2D eigenvalue weighted by Gasteiger charge is -2.40. The van der Waals surface area contributed by atoms with Crippen molar-refractivity contribution in [1.82, 2.24) is 9.80 Å². The number of carbonyl (C=O) groups is 3. The molecule has 3 heterocycles. The number of unbranched alkanes of at least 4 members (excludes halogenated alkanes) is 3. The molecule has 5 atom stereocenters. The highest BCUT2D eigenvalue weighted by molar-refractivity contribution is 5.98. The van der Waals surface area contributed by atoms with E-state index in [1.807, 2.05) is 4.90 Å². The third-order valence-corrected chi connectivity index (χ3v) is 8.52. The van der Waals surface area contributed by atoms with E-state index in [2.05, 4.69) is 6.58 Å². The molecule has 2 bridgehead atoms. The molecule has 1 aliphatic carbocycles. The molecule has 1 N–H and O–H groups in total. The topological polar surface area (TPSA) is 96.4 Å². The summed E-state index contributed by atoms with van der Waals surface area (Å²) in [6.45, 7) is 6.97. The number of aliphatic hydroxyl groups is 1. The van der Waals surface area contributed by atoms with Gasteiger partial charge in [-0.1, -0.05) is 38.2 Å². The highest BCUT2D eigenvalue weighted by Crippen LogP contribution is 2.59. The van der Waals surface area contributed by atoms with E-state index in [1.165, 1.54) is 6.42 Å². The van der Waals surface area contributed by atoms with Crippen LogP contribution in [0.1, 0.15) is 77.6 Å². The van der Waals surface area contributed by atoms with E-state index in [1.54, 1.807) is 17.9 Å². The molecule has 2 amide bonds. The van der Waals surface area contributed by atoms with Gasteiger partial charge in [0.25, 0.3) is 0 Å². The smallest absolute Gasteiger partial charge is 0.312 e. The quantitative estimate of drug-likeness (QED) is 0.257. The zero-order valence-corrected chi connectivity index (χ0v) is 21.2. The third kappa shape index (κ3) is 4.76. The van der Waals surface area contributed by atoms with Crippen LogP contribution >= 0.6 is 0 Å². The maximum absolute atomic E-state index is 14.3. The van der Waals surface area contributed by atoms with Gasteiger partial charge in [-0.15, -0.1) is 6.58 Å². The fourth-order valence-electron chi connectivity index (χ4n) is 7.03. The molecule has 4 aliphatic rings. The summed E-state index contributed by atoms with van der Waals surface area (Å²) in [6.07, 6.45) is 11.2. The molecule has 196 valence electrons. The van der Waals surface area contributed by atoms with Crippen LogP contribution in [0.25, 0.3) is 0 Å². The molecule has 1 spiro atoms. The van der Waals surface area contributed by atoms with Crippen LogP contribution in [0.2, 0.25) is 0 Å². The predicted octanol–water partition coefficient (Wildman–Crippen LogP) is 2.82. The van der Waals surface area contributed by atoms with Crippen molar-refractivity contribution in [2.45, 2.75) is 101 Å². The van der Waals surface area contributed by atoms with Gasteiger partial charge in [0, 0.05) is 25.7 Å². The Morgan fingerprint density at radius 2 is 1.94 bits per heavy atom. The molecule has 8 nitrogen and oxygen atoms in total. The molecular weight excluding hydrogens is 448 g/mol. The van der Waals surface area contributed by atoms with Gasteiger partial charge < -0.3 is 24.4 Å². The van der Waals surface area contributed by atoms with Crippen molar-refractivity contribution in [3.63, 3.8) is 0 Å². The zero-order valence-electron chi connectivity index (χ0n) is 21.2. The number of likely N-dealkylation sites (tertiary alicyclic amines) is 1. The lowest BCUT2D eigenvalue weighted by atomic mass is 9.70. The standard InChI is InChI=1S/C27H42N2O6/c1-3-16-28(19-12-8-7-9-13-19)25(32)23-27-15-14-20(35-27)21(26(33)34-4-2)22(27)24(31)29(23)17-10-5-6-11-18-30/h3,19-23,30H,1,4-18H2,2H3/t20-,21+,22+,23?,27?/m1/s1. The van der Waals surface area contributed by atoms with Gasteiger partial charge in [-0.25, -0.2) is 0 Å². The second-order valence-electron chi connectivity index (χ2n) is 10.5. The van der Waals surface area contributed by atoms with Crippen molar-refractivity contribution < 1.29 is 29.0 Å². The van der Waals surface area contributed by atoms with Gasteiger partial charge in [-0.2, -0.15) is 0 Å². The SMILES string of the molecule is C=CCN(C(=O)C1N(CCCCCCO)C(=O)[C@@H]2[C@@H](C(=O)OCC)[C@H]3CCC12O3)C1CCCCC1. The first-order chi connectivity index (χ1) is 17.0. The first kappa shape index (κ1) is 26.1. The number of rotatable bonds is 12. The second kappa shape index (κ2) is 11.4. The molecule has 4 fully saturated rings. The van der Waals surface area contributed by atoms with E-state index < -0.39 is 23.5 Å². The monoisotopic (exact) mass is 490 g/mol. The van der Waals surface area contributed by atoms with Crippen LogP contribution < -0.4 is 0 Å². The summed E-state index contributed by atoms with van der Waals surface area (Å²) in [7, 11) is 0. The van der Waals surface area contributed by atoms with Crippen molar-refractivity contribution in [3.8, 4) is 0 Å². The van der Waals surface area contributed by atoms with E-state index in [-0.39, 0.29) is 43.1 Å². The van der Waals surface area contributed by atoms with Crippen LogP contribution in [0.5, 0.6) is 0 Å². The van der Waals surface area contributed by atoms with Gasteiger partial charge in [0.05, 0.1) is 24.5 Å². The van der Waals surface area contributed by atoms with Crippen LogP contribution in [0.15, 0.2) is 12.7 Å². The maximum Gasteiger partial charge on any atom is 0.312 e. The molecule has 35 heavy (non-hydrogen) atoms. The summed E-state index contributed by atoms with van der Waals surface area (Å²) in [4.78, 5) is 44.8. The van der Waals surface area contributed by atoms with E-state index in [9.17, 15) is 14.4 Å². The minimum atomic E-state index is -0.963. The van der Waals surface area contributed by atoms with Crippen LogP contribution in [0.3, 0.4) is 0 Å². The number of ether oxygens (including phenoxy) is 2. The summed E-state index contributed by atoms with van der Waals surface area (Å²) in [5.41, 5.74) is -0.963. The van der Waals surface area contributed by atoms with E-state index >= 15 is 0 Å². The molecule has 0 aromatic carbocycles. The van der Waals surface area contributed by atoms with Crippen LogP contribution in [-0.4, -0.2) is 82.8 Å². The molecule has 4 rings (SSSR count).